The molecule has 0 radical (unpaired) electrons. The molecular weight excluding hydrogens is 599 g/mol. The van der Waals surface area contributed by atoms with E-state index in [9.17, 15) is 0 Å². The molecule has 0 aliphatic carbocycles. The number of hydrogen-bond acceptors (Lipinski definition) is 3. The lowest BCUT2D eigenvalue weighted by Gasteiger charge is -2.26. The number of nitrogens with zero attached hydrogens (tertiary/aromatic N) is 3. The molecule has 10 rings (SSSR count). The highest BCUT2D eigenvalue weighted by molar-refractivity contribution is 6.11. The van der Waals surface area contributed by atoms with E-state index in [0.717, 1.165) is 73.5 Å². The summed E-state index contributed by atoms with van der Waals surface area (Å²) in [5.41, 5.74) is 9.90. The number of aromatic nitrogens is 2. The van der Waals surface area contributed by atoms with Crippen molar-refractivity contribution >= 4 is 56.5 Å². The van der Waals surface area contributed by atoms with Crippen molar-refractivity contribution in [3.05, 3.63) is 167 Å². The van der Waals surface area contributed by atoms with Gasteiger partial charge in [-0.15, -0.1) is 0 Å². The highest BCUT2D eigenvalue weighted by Crippen LogP contribution is 2.41. The van der Waals surface area contributed by atoms with Gasteiger partial charge in [-0.1, -0.05) is 103 Å². The van der Waals surface area contributed by atoms with Crippen LogP contribution in [0.4, 0.5) is 0 Å². The predicted molar refractivity (Wildman–Crippen MR) is 202 cm³/mol. The van der Waals surface area contributed by atoms with Gasteiger partial charge in [0.2, 0.25) is 0 Å². The van der Waals surface area contributed by atoms with Gasteiger partial charge < -0.3 is 14.2 Å². The Morgan fingerprint density at radius 1 is 0.612 bits per heavy atom. The Labute approximate surface area is 283 Å². The Kier molecular flexibility index (Phi) is 6.12. The molecule has 0 N–H and O–H groups in total. The van der Waals surface area contributed by atoms with Crippen molar-refractivity contribution in [3.63, 3.8) is 0 Å². The molecule has 232 valence electrons. The van der Waals surface area contributed by atoms with Gasteiger partial charge in [-0.2, -0.15) is 0 Å². The standard InChI is InChI=1S/C45H31N3O/c1-47-23-21-30-11-3-6-14-37(30)45(47)34-24-33(44-36-13-5-2-10-29(36)20-22-46-44)25-35(26-34)48-40-16-8-7-15-38(40)39-28-43-32(27-41(39)48)19-18-31-12-4-9-17-42(31)49-43/h2-22,24-28H,23H2,1H3. The molecule has 4 heteroatoms. The predicted octanol–water partition coefficient (Wildman–Crippen LogP) is 9.16. The molecule has 6 aromatic carbocycles. The fraction of sp³-hybridized carbons (Fsp3) is 0.0444. The maximum Gasteiger partial charge on any atom is 0.135 e. The second-order valence-corrected chi connectivity index (χ2v) is 12.9. The van der Waals surface area contributed by atoms with E-state index >= 15 is 0 Å². The SMILES string of the molecule is CN1CC=c2ccccc2=C1c1cc(-c2nccc3ccccc23)cc(-n2c3ccccc3c3cc4c(cc32)C=Cc2ccccc2O4)c1. The smallest absolute Gasteiger partial charge is 0.135 e. The zero-order valence-corrected chi connectivity index (χ0v) is 27.0. The van der Waals surface area contributed by atoms with Gasteiger partial charge in [-0.25, -0.2) is 0 Å². The molecule has 0 fully saturated rings. The van der Waals surface area contributed by atoms with Crippen LogP contribution in [0, 0.1) is 0 Å². The molecule has 2 aliphatic heterocycles. The Hall–Kier alpha value is -6.39. The van der Waals surface area contributed by atoms with E-state index in [1.54, 1.807) is 0 Å². The fourth-order valence-electron chi connectivity index (χ4n) is 7.68. The lowest BCUT2D eigenvalue weighted by molar-refractivity contribution is 0.482. The molecule has 0 spiro atoms. The molecule has 0 bridgehead atoms. The molecule has 0 atom stereocenters. The third-order valence-electron chi connectivity index (χ3n) is 9.96. The minimum atomic E-state index is 0.842. The van der Waals surface area contributed by atoms with Gasteiger partial charge in [-0.05, 0) is 59.1 Å². The number of ether oxygens (including phenoxy) is 1. The Balaban J connectivity index is 1.29. The lowest BCUT2D eigenvalue weighted by Crippen LogP contribution is -2.38. The summed E-state index contributed by atoms with van der Waals surface area (Å²) in [7, 11) is 2.18. The van der Waals surface area contributed by atoms with Crippen molar-refractivity contribution in [3.8, 4) is 28.4 Å². The third-order valence-corrected chi connectivity index (χ3v) is 9.96. The van der Waals surface area contributed by atoms with Crippen molar-refractivity contribution in [1.82, 2.24) is 14.5 Å². The molecular formula is C45H31N3O. The third kappa shape index (κ3) is 4.41. The van der Waals surface area contributed by atoms with Crippen molar-refractivity contribution in [2.24, 2.45) is 0 Å². The number of benzene rings is 6. The van der Waals surface area contributed by atoms with E-state index in [1.165, 1.54) is 26.9 Å². The first-order chi connectivity index (χ1) is 24.2. The summed E-state index contributed by atoms with van der Waals surface area (Å²) in [6.07, 6.45) is 8.55. The fourth-order valence-corrected chi connectivity index (χ4v) is 7.68. The topological polar surface area (TPSA) is 30.3 Å². The van der Waals surface area contributed by atoms with E-state index in [-0.39, 0.29) is 0 Å². The first kappa shape index (κ1) is 27.7. The van der Waals surface area contributed by atoms with Gasteiger partial charge in [0.05, 0.1) is 22.4 Å². The first-order valence-electron chi connectivity index (χ1n) is 16.7. The van der Waals surface area contributed by atoms with Crippen molar-refractivity contribution in [1.29, 1.82) is 0 Å². The van der Waals surface area contributed by atoms with Crippen LogP contribution < -0.4 is 15.2 Å². The van der Waals surface area contributed by atoms with E-state index in [4.69, 9.17) is 9.72 Å². The molecule has 49 heavy (non-hydrogen) atoms. The van der Waals surface area contributed by atoms with Gasteiger partial charge in [0.1, 0.15) is 11.5 Å². The molecule has 0 saturated carbocycles. The normalized spacial score (nSPS) is 13.5. The number of fused-ring (bicyclic) bond motifs is 7. The van der Waals surface area contributed by atoms with Gasteiger partial charge >= 0.3 is 0 Å². The average molecular weight is 630 g/mol. The van der Waals surface area contributed by atoms with Gasteiger partial charge in [-0.3, -0.25) is 4.98 Å². The minimum Gasteiger partial charge on any atom is -0.456 e. The zero-order valence-electron chi connectivity index (χ0n) is 27.0. The summed E-state index contributed by atoms with van der Waals surface area (Å²) in [5.74, 6) is 1.73. The first-order valence-corrected chi connectivity index (χ1v) is 16.7. The number of hydrogen-bond donors (Lipinski definition) is 0. The molecule has 0 unspecified atom stereocenters. The lowest BCUT2D eigenvalue weighted by atomic mass is 9.97. The average Bonchev–Trinajstić information content (AvgIpc) is 3.34. The Morgan fingerprint density at radius 3 is 2.35 bits per heavy atom. The largest absolute Gasteiger partial charge is 0.456 e. The highest BCUT2D eigenvalue weighted by Gasteiger charge is 2.21. The van der Waals surface area contributed by atoms with Crippen LogP contribution in [0.1, 0.15) is 16.7 Å². The number of rotatable bonds is 3. The van der Waals surface area contributed by atoms with Crippen LogP contribution in [0.25, 0.3) is 73.4 Å². The number of para-hydroxylation sites is 2. The van der Waals surface area contributed by atoms with Crippen LogP contribution in [0.2, 0.25) is 0 Å². The zero-order chi connectivity index (χ0) is 32.5. The van der Waals surface area contributed by atoms with Crippen LogP contribution >= 0.6 is 0 Å². The molecule has 2 aromatic heterocycles. The molecule has 0 amide bonds. The highest BCUT2D eigenvalue weighted by atomic mass is 16.5. The van der Waals surface area contributed by atoms with Crippen LogP contribution in [0.3, 0.4) is 0 Å². The maximum absolute atomic E-state index is 6.54. The quantitative estimate of drug-likeness (QED) is 0.195. The van der Waals surface area contributed by atoms with Crippen molar-refractivity contribution in [2.45, 2.75) is 0 Å². The van der Waals surface area contributed by atoms with E-state index in [0.29, 0.717) is 0 Å². The second kappa shape index (κ2) is 10.8. The van der Waals surface area contributed by atoms with Crippen molar-refractivity contribution in [2.75, 3.05) is 13.6 Å². The number of pyridine rings is 1. The molecule has 4 nitrogen and oxygen atoms in total. The monoisotopic (exact) mass is 629 g/mol. The van der Waals surface area contributed by atoms with Gasteiger partial charge in [0.15, 0.2) is 0 Å². The Morgan fingerprint density at radius 2 is 1.39 bits per heavy atom. The molecule has 0 saturated heterocycles. The van der Waals surface area contributed by atoms with E-state index < -0.39 is 0 Å². The van der Waals surface area contributed by atoms with Crippen LogP contribution in [-0.2, 0) is 0 Å². The second-order valence-electron chi connectivity index (χ2n) is 12.9. The summed E-state index contributed by atoms with van der Waals surface area (Å²) in [6, 6.07) is 47.7. The van der Waals surface area contributed by atoms with Crippen LogP contribution in [-0.4, -0.2) is 28.0 Å². The minimum absolute atomic E-state index is 0.842. The molecule has 2 aliphatic rings. The van der Waals surface area contributed by atoms with Crippen LogP contribution in [0.5, 0.6) is 11.5 Å². The van der Waals surface area contributed by atoms with E-state index in [1.807, 2.05) is 24.4 Å². The summed E-state index contributed by atoms with van der Waals surface area (Å²) in [6.45, 7) is 0.842. The Bertz CT molecular complexity index is 2800. The summed E-state index contributed by atoms with van der Waals surface area (Å²) in [5, 5.41) is 7.15. The summed E-state index contributed by atoms with van der Waals surface area (Å²) in [4.78, 5) is 7.35. The molecule has 8 aromatic rings. The van der Waals surface area contributed by atoms with Gasteiger partial charge in [0, 0.05) is 69.1 Å². The van der Waals surface area contributed by atoms with Gasteiger partial charge in [0.25, 0.3) is 0 Å². The maximum atomic E-state index is 6.54. The van der Waals surface area contributed by atoms with E-state index in [2.05, 4.69) is 150 Å². The van der Waals surface area contributed by atoms with Crippen LogP contribution in [0.15, 0.2) is 140 Å². The molecule has 4 heterocycles. The van der Waals surface area contributed by atoms with Crippen molar-refractivity contribution < 1.29 is 4.74 Å². The summed E-state index contributed by atoms with van der Waals surface area (Å²) < 4.78 is 8.96. The summed E-state index contributed by atoms with van der Waals surface area (Å²) >= 11 is 0.